The number of nitrogens with one attached hydrogen (secondary N) is 1. The number of carbonyl (C=O) groups excluding carboxylic acids is 2. The van der Waals surface area contributed by atoms with Crippen molar-refractivity contribution in [2.45, 2.75) is 51.0 Å². The highest BCUT2D eigenvalue weighted by atomic mass is 19.1. The van der Waals surface area contributed by atoms with E-state index in [0.29, 0.717) is 40.0 Å². The smallest absolute Gasteiger partial charge is 0.291 e. The first-order valence-corrected chi connectivity index (χ1v) is 10.3. The Labute approximate surface area is 173 Å². The molecule has 1 aliphatic carbocycles. The first-order valence-electron chi connectivity index (χ1n) is 10.3. The van der Waals surface area contributed by atoms with Gasteiger partial charge in [0.25, 0.3) is 5.91 Å². The molecule has 0 saturated heterocycles. The van der Waals surface area contributed by atoms with Crippen molar-refractivity contribution in [1.82, 2.24) is 0 Å². The molecule has 1 saturated carbocycles. The predicted octanol–water partition coefficient (Wildman–Crippen LogP) is 5.80. The molecule has 1 aliphatic heterocycles. The predicted molar refractivity (Wildman–Crippen MR) is 111 cm³/mol. The van der Waals surface area contributed by atoms with E-state index in [9.17, 15) is 14.0 Å². The molecule has 5 nitrogen and oxygen atoms in total. The van der Waals surface area contributed by atoms with E-state index >= 15 is 0 Å². The number of benzene rings is 2. The number of fused-ring (bicyclic) bond motifs is 3. The van der Waals surface area contributed by atoms with Gasteiger partial charge in [0.1, 0.15) is 22.8 Å². The molecule has 30 heavy (non-hydrogen) atoms. The topological polar surface area (TPSA) is 68.5 Å². The van der Waals surface area contributed by atoms with E-state index in [1.54, 1.807) is 19.1 Å². The zero-order chi connectivity index (χ0) is 20.9. The Morgan fingerprint density at radius 2 is 1.80 bits per heavy atom. The molecule has 1 amide bonds. The Bertz CT molecular complexity index is 1160. The molecule has 0 radical (unpaired) electrons. The first kappa shape index (κ1) is 18.9. The Morgan fingerprint density at radius 3 is 2.53 bits per heavy atom. The number of ether oxygens (including phenoxy) is 1. The highest BCUT2D eigenvalue weighted by molar-refractivity contribution is 6.14. The van der Waals surface area contributed by atoms with Crippen molar-refractivity contribution in [1.29, 1.82) is 0 Å². The fourth-order valence-corrected chi connectivity index (χ4v) is 4.75. The number of hydrogen-bond acceptors (Lipinski definition) is 4. The van der Waals surface area contributed by atoms with Gasteiger partial charge in [-0.25, -0.2) is 4.39 Å². The van der Waals surface area contributed by atoms with Gasteiger partial charge in [-0.2, -0.15) is 0 Å². The minimum Gasteiger partial charge on any atom is -0.486 e. The van der Waals surface area contributed by atoms with Crippen LogP contribution in [0.4, 0.5) is 10.1 Å². The molecule has 0 atom stereocenters. The van der Waals surface area contributed by atoms with E-state index in [1.807, 2.05) is 0 Å². The second-order valence-electron chi connectivity index (χ2n) is 8.27. The summed E-state index contributed by atoms with van der Waals surface area (Å²) < 4.78 is 25.3. The Hall–Kier alpha value is -3.15. The van der Waals surface area contributed by atoms with Gasteiger partial charge >= 0.3 is 0 Å². The van der Waals surface area contributed by atoms with Crippen LogP contribution in [0.15, 0.2) is 40.8 Å². The number of aryl methyl sites for hydroxylation is 1. The molecular formula is C24H22FNO4. The van der Waals surface area contributed by atoms with Gasteiger partial charge < -0.3 is 14.5 Å². The van der Waals surface area contributed by atoms with Crippen LogP contribution in [0, 0.1) is 12.7 Å². The third-order valence-electron chi connectivity index (χ3n) is 6.22. The summed E-state index contributed by atoms with van der Waals surface area (Å²) >= 11 is 0. The zero-order valence-electron chi connectivity index (χ0n) is 16.7. The average molecular weight is 407 g/mol. The summed E-state index contributed by atoms with van der Waals surface area (Å²) in [7, 11) is 0. The van der Waals surface area contributed by atoms with Crippen molar-refractivity contribution in [2.75, 3.05) is 5.32 Å². The molecule has 3 aromatic rings. The number of furan rings is 1. The number of Topliss-reactive ketones (excluding diaryl/α,β-unsaturated/α-hetero) is 1. The lowest BCUT2D eigenvalue weighted by atomic mass is 9.78. The minimum atomic E-state index is -0.447. The normalized spacial score (nSPS) is 17.6. The molecule has 1 aromatic heterocycles. The zero-order valence-corrected chi connectivity index (χ0v) is 16.7. The van der Waals surface area contributed by atoms with Crippen molar-refractivity contribution in [3.05, 3.63) is 59.1 Å². The lowest BCUT2D eigenvalue weighted by Gasteiger charge is -2.40. The van der Waals surface area contributed by atoms with Crippen LogP contribution in [0.2, 0.25) is 0 Å². The molecule has 2 aromatic carbocycles. The summed E-state index contributed by atoms with van der Waals surface area (Å²) in [5.41, 5.74) is 1.65. The van der Waals surface area contributed by atoms with Crippen LogP contribution in [-0.4, -0.2) is 17.3 Å². The van der Waals surface area contributed by atoms with E-state index in [0.717, 1.165) is 25.7 Å². The maximum atomic E-state index is 13.2. The summed E-state index contributed by atoms with van der Waals surface area (Å²) in [6.45, 7) is 1.77. The van der Waals surface area contributed by atoms with E-state index in [2.05, 4.69) is 5.32 Å². The van der Waals surface area contributed by atoms with E-state index in [4.69, 9.17) is 9.15 Å². The Kier molecular flexibility index (Phi) is 4.38. The molecule has 2 heterocycles. The largest absolute Gasteiger partial charge is 0.486 e. The van der Waals surface area contributed by atoms with Gasteiger partial charge in [0, 0.05) is 16.6 Å². The molecule has 1 N–H and O–H groups in total. The number of carbonyl (C=O) groups is 2. The van der Waals surface area contributed by atoms with Crippen molar-refractivity contribution in [2.24, 2.45) is 0 Å². The summed E-state index contributed by atoms with van der Waals surface area (Å²) in [5, 5.41) is 3.34. The third-order valence-corrected chi connectivity index (χ3v) is 6.22. The summed E-state index contributed by atoms with van der Waals surface area (Å²) in [5.74, 6) is -0.0764. The molecule has 5 rings (SSSR count). The standard InChI is InChI=1S/C24H22FNO4/c1-14-20-18(29-22(14)23(28)26-16-7-5-15(25)6-8-16)9-10-19-21(20)17(27)13-24(30-19)11-3-2-4-12-24/h5-10H,2-4,11-13H2,1H3,(H,26,28). The highest BCUT2D eigenvalue weighted by Crippen LogP contribution is 2.45. The van der Waals surface area contributed by atoms with Crippen LogP contribution in [-0.2, 0) is 0 Å². The van der Waals surface area contributed by atoms with Crippen LogP contribution >= 0.6 is 0 Å². The van der Waals surface area contributed by atoms with Crippen molar-refractivity contribution in [3.8, 4) is 5.75 Å². The summed E-state index contributed by atoms with van der Waals surface area (Å²) in [6.07, 6.45) is 5.48. The lowest BCUT2D eigenvalue weighted by molar-refractivity contribution is 0.0139. The van der Waals surface area contributed by atoms with Crippen LogP contribution in [0.25, 0.3) is 11.0 Å². The number of hydrogen-bond donors (Lipinski definition) is 1. The summed E-state index contributed by atoms with van der Waals surface area (Å²) in [4.78, 5) is 25.9. The third kappa shape index (κ3) is 3.07. The van der Waals surface area contributed by atoms with Gasteiger partial charge in [0.15, 0.2) is 11.5 Å². The van der Waals surface area contributed by atoms with Crippen LogP contribution in [0.1, 0.15) is 65.0 Å². The van der Waals surface area contributed by atoms with Crippen LogP contribution in [0.3, 0.4) is 0 Å². The SMILES string of the molecule is Cc1c(C(=O)Nc2ccc(F)cc2)oc2ccc3c(c12)C(=O)CC1(CCCCC1)O3. The monoisotopic (exact) mass is 407 g/mol. The number of amides is 1. The van der Waals surface area contributed by atoms with Crippen LogP contribution in [0.5, 0.6) is 5.75 Å². The van der Waals surface area contributed by atoms with Gasteiger partial charge in [0.05, 0.1) is 12.0 Å². The number of ketones is 1. The maximum absolute atomic E-state index is 13.2. The van der Waals surface area contributed by atoms with E-state index < -0.39 is 11.5 Å². The lowest BCUT2D eigenvalue weighted by Crippen LogP contribution is -2.43. The maximum Gasteiger partial charge on any atom is 0.291 e. The Morgan fingerprint density at radius 1 is 1.07 bits per heavy atom. The molecule has 154 valence electrons. The van der Waals surface area contributed by atoms with Gasteiger partial charge in [0.2, 0.25) is 0 Å². The van der Waals surface area contributed by atoms with Gasteiger partial charge in [-0.15, -0.1) is 0 Å². The summed E-state index contributed by atoms with van der Waals surface area (Å²) in [6, 6.07) is 9.03. The van der Waals surface area contributed by atoms with Crippen molar-refractivity contribution < 1.29 is 23.1 Å². The van der Waals surface area contributed by atoms with E-state index in [1.165, 1.54) is 30.7 Å². The second-order valence-corrected chi connectivity index (χ2v) is 8.27. The molecule has 6 heteroatoms. The average Bonchev–Trinajstić information content (AvgIpc) is 3.07. The molecule has 2 aliphatic rings. The minimum absolute atomic E-state index is 0.0399. The molecule has 1 fully saturated rings. The molecule has 0 bridgehead atoms. The number of halogens is 1. The Balaban J connectivity index is 1.52. The van der Waals surface area contributed by atoms with Crippen molar-refractivity contribution in [3.63, 3.8) is 0 Å². The van der Waals surface area contributed by atoms with Gasteiger partial charge in [-0.3, -0.25) is 9.59 Å². The quantitative estimate of drug-likeness (QED) is 0.583. The molecule has 1 spiro atoms. The first-order chi connectivity index (χ1) is 14.5. The molecular weight excluding hydrogens is 385 g/mol. The van der Waals surface area contributed by atoms with E-state index in [-0.39, 0.29) is 17.4 Å². The fraction of sp³-hybridized carbons (Fsp3) is 0.333. The number of anilines is 1. The highest BCUT2D eigenvalue weighted by Gasteiger charge is 2.42. The molecule has 0 unspecified atom stereocenters. The van der Waals surface area contributed by atoms with Gasteiger partial charge in [-0.1, -0.05) is 6.42 Å². The van der Waals surface area contributed by atoms with Gasteiger partial charge in [-0.05, 0) is 69.0 Å². The number of rotatable bonds is 2. The second kappa shape index (κ2) is 6.97. The van der Waals surface area contributed by atoms with Crippen molar-refractivity contribution >= 4 is 28.3 Å². The fourth-order valence-electron chi connectivity index (χ4n) is 4.75. The van der Waals surface area contributed by atoms with Crippen LogP contribution < -0.4 is 10.1 Å².